The fourth-order valence-electron chi connectivity index (χ4n) is 1.23. The molecule has 0 N–H and O–H groups in total. The van der Waals surface area contributed by atoms with Crippen LogP contribution in [0.2, 0.25) is 0 Å². The van der Waals surface area contributed by atoms with Gasteiger partial charge in [-0.2, -0.15) is 4.98 Å². The number of esters is 2. The quantitative estimate of drug-likeness (QED) is 0.677. The van der Waals surface area contributed by atoms with Gasteiger partial charge in [0.15, 0.2) is 11.4 Å². The van der Waals surface area contributed by atoms with Gasteiger partial charge in [-0.25, -0.2) is 9.59 Å². The minimum Gasteiger partial charge on any atom is -0.468 e. The molecule has 0 aromatic carbocycles. The highest BCUT2D eigenvalue weighted by molar-refractivity contribution is 6.00. The third-order valence-corrected chi connectivity index (χ3v) is 1.99. The molecule has 0 aliphatic carbocycles. The van der Waals surface area contributed by atoms with E-state index >= 15 is 0 Å². The standard InChI is InChI=1S/C9H12N2O5/c1-11-6(8(13)15-3)5(7(12)14-2)10-9(11)16-4/h1-4H3. The molecule has 7 nitrogen and oxygen atoms in total. The molecule has 0 spiro atoms. The number of rotatable bonds is 3. The van der Waals surface area contributed by atoms with E-state index in [2.05, 4.69) is 14.5 Å². The van der Waals surface area contributed by atoms with Gasteiger partial charge in [-0.15, -0.1) is 0 Å². The summed E-state index contributed by atoms with van der Waals surface area (Å²) >= 11 is 0. The van der Waals surface area contributed by atoms with Gasteiger partial charge in [0.2, 0.25) is 0 Å². The van der Waals surface area contributed by atoms with Crippen LogP contribution in [-0.2, 0) is 16.5 Å². The van der Waals surface area contributed by atoms with Crippen molar-refractivity contribution in [1.82, 2.24) is 9.55 Å². The molecule has 1 rings (SSSR count). The molecule has 0 aliphatic rings. The van der Waals surface area contributed by atoms with Gasteiger partial charge in [0.1, 0.15) is 0 Å². The summed E-state index contributed by atoms with van der Waals surface area (Å²) in [5, 5.41) is 0. The Kier molecular flexibility index (Phi) is 3.49. The lowest BCUT2D eigenvalue weighted by atomic mass is 10.3. The Morgan fingerprint density at radius 3 is 2.12 bits per heavy atom. The Bertz CT molecular complexity index is 424. The van der Waals surface area contributed by atoms with E-state index < -0.39 is 11.9 Å². The smallest absolute Gasteiger partial charge is 0.359 e. The van der Waals surface area contributed by atoms with Gasteiger partial charge in [-0.1, -0.05) is 0 Å². The Labute approximate surface area is 91.9 Å². The molecule has 0 bridgehead atoms. The molecule has 7 heteroatoms. The van der Waals surface area contributed by atoms with Crippen LogP contribution in [0.15, 0.2) is 0 Å². The first-order valence-electron chi connectivity index (χ1n) is 4.34. The number of imidazole rings is 1. The second kappa shape index (κ2) is 4.65. The number of hydrogen-bond acceptors (Lipinski definition) is 6. The van der Waals surface area contributed by atoms with Crippen molar-refractivity contribution < 1.29 is 23.8 Å². The number of ether oxygens (including phenoxy) is 3. The highest BCUT2D eigenvalue weighted by Gasteiger charge is 2.27. The molecular weight excluding hydrogens is 216 g/mol. The molecule has 0 saturated carbocycles. The van der Waals surface area contributed by atoms with Gasteiger partial charge < -0.3 is 14.2 Å². The van der Waals surface area contributed by atoms with Crippen LogP contribution in [0.1, 0.15) is 21.0 Å². The lowest BCUT2D eigenvalue weighted by molar-refractivity contribution is 0.0544. The summed E-state index contributed by atoms with van der Waals surface area (Å²) in [6.07, 6.45) is 0. The lowest BCUT2D eigenvalue weighted by Gasteiger charge is -2.03. The fraction of sp³-hybridized carbons (Fsp3) is 0.444. The summed E-state index contributed by atoms with van der Waals surface area (Å²) in [7, 11) is 5.32. The molecule has 1 aromatic rings. The van der Waals surface area contributed by atoms with E-state index in [0.29, 0.717) is 0 Å². The third-order valence-electron chi connectivity index (χ3n) is 1.99. The lowest BCUT2D eigenvalue weighted by Crippen LogP contribution is -2.14. The average Bonchev–Trinajstić information content (AvgIpc) is 2.64. The maximum Gasteiger partial charge on any atom is 0.359 e. The van der Waals surface area contributed by atoms with Crippen LogP contribution >= 0.6 is 0 Å². The second-order valence-corrected chi connectivity index (χ2v) is 2.84. The monoisotopic (exact) mass is 228 g/mol. The van der Waals surface area contributed by atoms with Gasteiger partial charge in [0.05, 0.1) is 21.3 Å². The first-order valence-corrected chi connectivity index (χ1v) is 4.34. The van der Waals surface area contributed by atoms with Crippen molar-refractivity contribution in [3.63, 3.8) is 0 Å². The molecule has 88 valence electrons. The van der Waals surface area contributed by atoms with Crippen LogP contribution in [0, 0.1) is 0 Å². The molecule has 0 amide bonds. The van der Waals surface area contributed by atoms with Crippen molar-refractivity contribution >= 4 is 11.9 Å². The summed E-state index contributed by atoms with van der Waals surface area (Å²) < 4.78 is 15.3. The third kappa shape index (κ3) is 1.83. The maximum absolute atomic E-state index is 11.5. The normalized spacial score (nSPS) is 9.75. The number of aromatic nitrogens is 2. The first kappa shape index (κ1) is 12.0. The molecule has 1 aromatic heterocycles. The van der Waals surface area contributed by atoms with Gasteiger partial charge in [0.25, 0.3) is 6.01 Å². The van der Waals surface area contributed by atoms with E-state index in [1.165, 1.54) is 32.9 Å². The first-order chi connectivity index (χ1) is 7.56. The molecule has 0 fully saturated rings. The summed E-state index contributed by atoms with van der Waals surface area (Å²) in [6.45, 7) is 0. The molecule has 1 heterocycles. The van der Waals surface area contributed by atoms with Crippen molar-refractivity contribution in [1.29, 1.82) is 0 Å². The Morgan fingerprint density at radius 1 is 1.12 bits per heavy atom. The largest absolute Gasteiger partial charge is 0.468 e. The summed E-state index contributed by atoms with van der Waals surface area (Å²) in [6, 6.07) is 0.126. The SMILES string of the molecule is COC(=O)c1nc(OC)n(C)c1C(=O)OC. The van der Waals surface area contributed by atoms with Gasteiger partial charge >= 0.3 is 11.9 Å². The molecule has 0 aliphatic heterocycles. The van der Waals surface area contributed by atoms with Crippen LogP contribution < -0.4 is 4.74 Å². The van der Waals surface area contributed by atoms with Crippen LogP contribution in [0.5, 0.6) is 6.01 Å². The van der Waals surface area contributed by atoms with Crippen molar-refractivity contribution in [2.45, 2.75) is 0 Å². The highest BCUT2D eigenvalue weighted by atomic mass is 16.5. The number of methoxy groups -OCH3 is 3. The minimum absolute atomic E-state index is 0.00815. The van der Waals surface area contributed by atoms with E-state index in [-0.39, 0.29) is 17.4 Å². The number of carbonyl (C=O) groups excluding carboxylic acids is 2. The van der Waals surface area contributed by atoms with Gasteiger partial charge in [-0.3, -0.25) is 4.57 Å². The summed E-state index contributed by atoms with van der Waals surface area (Å²) in [5.74, 6) is -1.40. The van der Waals surface area contributed by atoms with Crippen LogP contribution in [0.4, 0.5) is 0 Å². The van der Waals surface area contributed by atoms with Crippen molar-refractivity contribution in [2.24, 2.45) is 7.05 Å². The van der Waals surface area contributed by atoms with E-state index in [1.807, 2.05) is 0 Å². The molecule has 0 saturated heterocycles. The second-order valence-electron chi connectivity index (χ2n) is 2.84. The molecule has 0 radical (unpaired) electrons. The summed E-state index contributed by atoms with van der Waals surface area (Å²) in [4.78, 5) is 26.7. The zero-order valence-electron chi connectivity index (χ0n) is 9.44. The van der Waals surface area contributed by atoms with Crippen molar-refractivity contribution in [3.8, 4) is 6.01 Å². The van der Waals surface area contributed by atoms with Gasteiger partial charge in [-0.05, 0) is 0 Å². The zero-order chi connectivity index (χ0) is 12.3. The number of hydrogen-bond donors (Lipinski definition) is 0. The van der Waals surface area contributed by atoms with E-state index in [4.69, 9.17) is 4.74 Å². The number of carbonyl (C=O) groups is 2. The predicted molar refractivity (Wildman–Crippen MR) is 52.4 cm³/mol. The predicted octanol–water partition coefficient (Wildman–Crippen LogP) is 0.00190. The van der Waals surface area contributed by atoms with Crippen molar-refractivity contribution in [2.75, 3.05) is 21.3 Å². The Balaban J connectivity index is 3.36. The Hall–Kier alpha value is -2.05. The zero-order valence-corrected chi connectivity index (χ0v) is 9.44. The molecule has 0 atom stereocenters. The average molecular weight is 228 g/mol. The van der Waals surface area contributed by atoms with Gasteiger partial charge in [0, 0.05) is 7.05 Å². The molecule has 16 heavy (non-hydrogen) atoms. The highest BCUT2D eigenvalue weighted by Crippen LogP contribution is 2.17. The topological polar surface area (TPSA) is 79.7 Å². The van der Waals surface area contributed by atoms with Crippen LogP contribution in [0.25, 0.3) is 0 Å². The Morgan fingerprint density at radius 2 is 1.69 bits per heavy atom. The molecule has 0 unspecified atom stereocenters. The van der Waals surface area contributed by atoms with E-state index in [1.54, 1.807) is 0 Å². The van der Waals surface area contributed by atoms with E-state index in [0.717, 1.165) is 0 Å². The molecular formula is C9H12N2O5. The fourth-order valence-corrected chi connectivity index (χ4v) is 1.23. The van der Waals surface area contributed by atoms with Crippen LogP contribution in [-0.4, -0.2) is 42.8 Å². The van der Waals surface area contributed by atoms with Crippen molar-refractivity contribution in [3.05, 3.63) is 11.4 Å². The van der Waals surface area contributed by atoms with Crippen LogP contribution in [0.3, 0.4) is 0 Å². The number of nitrogens with zero attached hydrogens (tertiary/aromatic N) is 2. The maximum atomic E-state index is 11.5. The minimum atomic E-state index is -0.723. The van der Waals surface area contributed by atoms with E-state index in [9.17, 15) is 9.59 Å². The summed E-state index contributed by atoms with van der Waals surface area (Å²) in [5.41, 5.74) is -0.139.